The van der Waals surface area contributed by atoms with E-state index in [0.717, 1.165) is 0 Å². The number of hydrogen-bond acceptors (Lipinski definition) is 3. The molecule has 22 heavy (non-hydrogen) atoms. The first-order valence-electron chi connectivity index (χ1n) is 6.14. The molecule has 0 unspecified atom stereocenters. The SMILES string of the molecule is O=C(COC(=O)c1c(Cl)cccc1Cl)Nc1ccc(Cl)cc1. The number of nitrogens with one attached hydrogen (secondary N) is 1. The largest absolute Gasteiger partial charge is 0.452 e. The van der Waals surface area contributed by atoms with Gasteiger partial charge in [0.1, 0.15) is 0 Å². The van der Waals surface area contributed by atoms with Gasteiger partial charge in [-0.3, -0.25) is 4.79 Å². The Bertz CT molecular complexity index is 681. The number of ether oxygens (including phenoxy) is 1. The highest BCUT2D eigenvalue weighted by Gasteiger charge is 2.17. The minimum atomic E-state index is -0.762. The lowest BCUT2D eigenvalue weighted by Gasteiger charge is -2.08. The highest BCUT2D eigenvalue weighted by molar-refractivity contribution is 6.39. The minimum Gasteiger partial charge on any atom is -0.452 e. The van der Waals surface area contributed by atoms with Gasteiger partial charge in [0.05, 0.1) is 15.6 Å². The highest BCUT2D eigenvalue weighted by atomic mass is 35.5. The molecule has 7 heteroatoms. The molecule has 0 aliphatic carbocycles. The Morgan fingerprint density at radius 3 is 2.14 bits per heavy atom. The second-order valence-corrected chi connectivity index (χ2v) is 5.48. The van der Waals surface area contributed by atoms with Crippen molar-refractivity contribution in [2.45, 2.75) is 0 Å². The maximum Gasteiger partial charge on any atom is 0.341 e. The maximum absolute atomic E-state index is 11.9. The lowest BCUT2D eigenvalue weighted by atomic mass is 10.2. The number of esters is 1. The van der Waals surface area contributed by atoms with Crippen molar-refractivity contribution in [2.24, 2.45) is 0 Å². The van der Waals surface area contributed by atoms with Crippen LogP contribution in [0.4, 0.5) is 5.69 Å². The second kappa shape index (κ2) is 7.49. The van der Waals surface area contributed by atoms with Crippen LogP contribution in [-0.4, -0.2) is 18.5 Å². The van der Waals surface area contributed by atoms with Crippen molar-refractivity contribution in [1.29, 1.82) is 0 Å². The van der Waals surface area contributed by atoms with Crippen LogP contribution >= 0.6 is 34.8 Å². The van der Waals surface area contributed by atoms with Crippen molar-refractivity contribution in [3.63, 3.8) is 0 Å². The van der Waals surface area contributed by atoms with Gasteiger partial charge in [0.2, 0.25) is 0 Å². The summed E-state index contributed by atoms with van der Waals surface area (Å²) in [4.78, 5) is 23.6. The summed E-state index contributed by atoms with van der Waals surface area (Å²) in [5.41, 5.74) is 0.575. The first-order valence-corrected chi connectivity index (χ1v) is 7.27. The van der Waals surface area contributed by atoms with Gasteiger partial charge in [-0.15, -0.1) is 0 Å². The lowest BCUT2D eigenvalue weighted by molar-refractivity contribution is -0.119. The summed E-state index contributed by atoms with van der Waals surface area (Å²) in [5.74, 6) is -1.25. The third-order valence-corrected chi connectivity index (χ3v) is 3.51. The van der Waals surface area contributed by atoms with Crippen molar-refractivity contribution < 1.29 is 14.3 Å². The van der Waals surface area contributed by atoms with Crippen LogP contribution in [0.5, 0.6) is 0 Å². The van der Waals surface area contributed by atoms with Crippen LogP contribution in [-0.2, 0) is 9.53 Å². The third kappa shape index (κ3) is 4.37. The average molecular weight is 359 g/mol. The quantitative estimate of drug-likeness (QED) is 0.822. The Hall–Kier alpha value is -1.75. The Morgan fingerprint density at radius 2 is 1.55 bits per heavy atom. The topological polar surface area (TPSA) is 55.4 Å². The molecule has 2 rings (SSSR count). The molecule has 0 bridgehead atoms. The molecule has 0 spiro atoms. The van der Waals surface area contributed by atoms with E-state index in [-0.39, 0.29) is 15.6 Å². The number of rotatable bonds is 4. The van der Waals surface area contributed by atoms with Crippen LogP contribution in [0.25, 0.3) is 0 Å². The fourth-order valence-electron chi connectivity index (χ4n) is 1.63. The molecule has 0 saturated heterocycles. The molecular formula is C15H10Cl3NO3. The van der Waals surface area contributed by atoms with E-state index in [1.165, 1.54) is 12.1 Å². The predicted octanol–water partition coefficient (Wildman–Crippen LogP) is 4.44. The van der Waals surface area contributed by atoms with Crippen molar-refractivity contribution in [3.05, 3.63) is 63.1 Å². The molecule has 0 aromatic heterocycles. The molecular weight excluding hydrogens is 349 g/mol. The van der Waals surface area contributed by atoms with Crippen LogP contribution in [0.1, 0.15) is 10.4 Å². The van der Waals surface area contributed by atoms with E-state index in [2.05, 4.69) is 5.32 Å². The molecule has 0 fully saturated rings. The molecule has 0 radical (unpaired) electrons. The van der Waals surface area contributed by atoms with Crippen LogP contribution < -0.4 is 5.32 Å². The molecule has 0 aliphatic heterocycles. The standard InChI is InChI=1S/C15H10Cl3NO3/c16-9-4-6-10(7-5-9)19-13(20)8-22-15(21)14-11(17)2-1-3-12(14)18/h1-7H,8H2,(H,19,20). The van der Waals surface area contributed by atoms with Crippen LogP contribution in [0.15, 0.2) is 42.5 Å². The molecule has 4 nitrogen and oxygen atoms in total. The first-order chi connectivity index (χ1) is 10.5. The van der Waals surface area contributed by atoms with Gasteiger partial charge < -0.3 is 10.1 Å². The van der Waals surface area contributed by atoms with E-state index >= 15 is 0 Å². The molecule has 1 N–H and O–H groups in total. The van der Waals surface area contributed by atoms with Gasteiger partial charge in [-0.1, -0.05) is 40.9 Å². The number of amides is 1. The van der Waals surface area contributed by atoms with Crippen molar-refractivity contribution in [3.8, 4) is 0 Å². The number of halogens is 3. The molecule has 0 aliphatic rings. The number of carbonyl (C=O) groups is 2. The number of carbonyl (C=O) groups excluding carboxylic acids is 2. The fourth-order valence-corrected chi connectivity index (χ4v) is 2.30. The van der Waals surface area contributed by atoms with Gasteiger partial charge in [0.25, 0.3) is 5.91 Å². The number of anilines is 1. The molecule has 114 valence electrons. The van der Waals surface area contributed by atoms with E-state index in [4.69, 9.17) is 39.5 Å². The van der Waals surface area contributed by atoms with Crippen molar-refractivity contribution >= 4 is 52.4 Å². The monoisotopic (exact) mass is 357 g/mol. The van der Waals surface area contributed by atoms with E-state index in [9.17, 15) is 9.59 Å². The Labute approximate surface area is 141 Å². The first kappa shape index (κ1) is 16.6. The van der Waals surface area contributed by atoms with Crippen LogP contribution in [0, 0.1) is 0 Å². The maximum atomic E-state index is 11.9. The summed E-state index contributed by atoms with van der Waals surface area (Å²) < 4.78 is 4.90. The predicted molar refractivity (Wildman–Crippen MR) is 86.8 cm³/mol. The molecule has 2 aromatic carbocycles. The Morgan fingerprint density at radius 1 is 0.955 bits per heavy atom. The van der Waals surface area contributed by atoms with Gasteiger partial charge in [0, 0.05) is 10.7 Å². The smallest absolute Gasteiger partial charge is 0.341 e. The van der Waals surface area contributed by atoms with E-state index in [0.29, 0.717) is 10.7 Å². The number of hydrogen-bond donors (Lipinski definition) is 1. The van der Waals surface area contributed by atoms with E-state index < -0.39 is 18.5 Å². The van der Waals surface area contributed by atoms with Crippen LogP contribution in [0.2, 0.25) is 15.1 Å². The van der Waals surface area contributed by atoms with Gasteiger partial charge in [-0.2, -0.15) is 0 Å². The summed E-state index contributed by atoms with van der Waals surface area (Å²) in [5, 5.41) is 3.44. The Kier molecular flexibility index (Phi) is 5.66. The average Bonchev–Trinajstić information content (AvgIpc) is 2.47. The third-order valence-electron chi connectivity index (χ3n) is 2.63. The zero-order chi connectivity index (χ0) is 16.1. The number of benzene rings is 2. The van der Waals surface area contributed by atoms with Gasteiger partial charge in [-0.05, 0) is 36.4 Å². The fraction of sp³-hybridized carbons (Fsp3) is 0.0667. The van der Waals surface area contributed by atoms with Crippen LogP contribution in [0.3, 0.4) is 0 Å². The normalized spacial score (nSPS) is 10.1. The molecule has 1 amide bonds. The zero-order valence-electron chi connectivity index (χ0n) is 11.1. The van der Waals surface area contributed by atoms with Crippen molar-refractivity contribution in [1.82, 2.24) is 0 Å². The van der Waals surface area contributed by atoms with Crippen molar-refractivity contribution in [2.75, 3.05) is 11.9 Å². The zero-order valence-corrected chi connectivity index (χ0v) is 13.4. The minimum absolute atomic E-state index is 0.0325. The van der Waals surface area contributed by atoms with E-state index in [1.54, 1.807) is 30.3 Å². The summed E-state index contributed by atoms with van der Waals surface area (Å²) in [6.45, 7) is -0.455. The molecule has 0 atom stereocenters. The van der Waals surface area contributed by atoms with E-state index in [1.807, 2.05) is 0 Å². The molecule has 2 aromatic rings. The highest BCUT2D eigenvalue weighted by Crippen LogP contribution is 2.24. The Balaban J connectivity index is 1.93. The summed E-state index contributed by atoms with van der Waals surface area (Å²) >= 11 is 17.5. The second-order valence-electron chi connectivity index (χ2n) is 4.23. The van der Waals surface area contributed by atoms with Gasteiger partial charge >= 0.3 is 5.97 Å². The summed E-state index contributed by atoms with van der Waals surface area (Å²) in [6, 6.07) is 11.2. The summed E-state index contributed by atoms with van der Waals surface area (Å²) in [7, 11) is 0. The van der Waals surface area contributed by atoms with Gasteiger partial charge in [0.15, 0.2) is 6.61 Å². The summed E-state index contributed by atoms with van der Waals surface area (Å²) in [6.07, 6.45) is 0. The molecule has 0 heterocycles. The lowest BCUT2D eigenvalue weighted by Crippen LogP contribution is -2.21. The van der Waals surface area contributed by atoms with Gasteiger partial charge in [-0.25, -0.2) is 4.79 Å². The molecule has 0 saturated carbocycles.